The molecule has 4 aromatic heterocycles. The average Bonchev–Trinajstić information content (AvgIpc) is 3.96. The Morgan fingerprint density at radius 2 is 0.947 bits per heavy atom. The molecule has 0 radical (unpaired) electrons. The van der Waals surface area contributed by atoms with Crippen molar-refractivity contribution in [3.63, 3.8) is 0 Å². The highest BCUT2D eigenvalue weighted by molar-refractivity contribution is 6.18. The molecule has 0 N–H and O–H groups in total. The SMILES string of the molecule is c1ccc(-c2nc(-c3ccccc3)nc(-c3ccc4c(c3)oc3c(-c5cccc6oc7ccc(-n8c9ccccc9c9ccccc98)cc7c56)cccc34)n2)cc1. The van der Waals surface area contributed by atoms with Gasteiger partial charge in [0.05, 0.1) is 11.0 Å². The van der Waals surface area contributed by atoms with Gasteiger partial charge in [-0.25, -0.2) is 15.0 Å². The van der Waals surface area contributed by atoms with Crippen LogP contribution in [0.5, 0.6) is 0 Å². The molecular formula is C51H30N4O2. The van der Waals surface area contributed by atoms with Crippen molar-refractivity contribution in [3.8, 4) is 51.0 Å². The van der Waals surface area contributed by atoms with Crippen molar-refractivity contribution in [3.05, 3.63) is 182 Å². The molecule has 0 saturated carbocycles. The van der Waals surface area contributed by atoms with Gasteiger partial charge >= 0.3 is 0 Å². The summed E-state index contributed by atoms with van der Waals surface area (Å²) in [5, 5.41) is 6.62. The van der Waals surface area contributed by atoms with E-state index >= 15 is 0 Å². The van der Waals surface area contributed by atoms with Crippen molar-refractivity contribution < 1.29 is 8.83 Å². The fraction of sp³-hybridized carbons (Fsp3) is 0. The van der Waals surface area contributed by atoms with Crippen LogP contribution < -0.4 is 0 Å². The van der Waals surface area contributed by atoms with Crippen LogP contribution in [0.15, 0.2) is 191 Å². The Morgan fingerprint density at radius 3 is 1.65 bits per heavy atom. The largest absolute Gasteiger partial charge is 0.456 e. The van der Waals surface area contributed by atoms with Crippen LogP contribution in [0.25, 0.3) is 117 Å². The van der Waals surface area contributed by atoms with Crippen LogP contribution in [0.2, 0.25) is 0 Å². The Balaban J connectivity index is 1.03. The first-order chi connectivity index (χ1) is 28.2. The van der Waals surface area contributed by atoms with Crippen molar-refractivity contribution in [1.29, 1.82) is 0 Å². The number of aromatic nitrogens is 4. The Labute approximate surface area is 325 Å². The van der Waals surface area contributed by atoms with Gasteiger partial charge in [-0.1, -0.05) is 133 Å². The van der Waals surface area contributed by atoms with Crippen LogP contribution in [0.1, 0.15) is 0 Å². The number of hydrogen-bond donors (Lipinski definition) is 0. The van der Waals surface area contributed by atoms with E-state index in [2.05, 4.69) is 114 Å². The fourth-order valence-electron chi connectivity index (χ4n) is 8.47. The summed E-state index contributed by atoms with van der Waals surface area (Å²) in [6.07, 6.45) is 0. The van der Waals surface area contributed by atoms with Gasteiger partial charge in [0.15, 0.2) is 17.5 Å². The summed E-state index contributed by atoms with van der Waals surface area (Å²) in [4.78, 5) is 14.8. The van der Waals surface area contributed by atoms with E-state index in [1.165, 1.54) is 21.8 Å². The zero-order valence-electron chi connectivity index (χ0n) is 30.4. The summed E-state index contributed by atoms with van der Waals surface area (Å²) < 4.78 is 15.7. The topological polar surface area (TPSA) is 69.9 Å². The summed E-state index contributed by atoms with van der Waals surface area (Å²) in [7, 11) is 0. The predicted molar refractivity (Wildman–Crippen MR) is 230 cm³/mol. The molecular weight excluding hydrogens is 701 g/mol. The lowest BCUT2D eigenvalue weighted by molar-refractivity contribution is 0.668. The third kappa shape index (κ3) is 4.94. The van der Waals surface area contributed by atoms with Crippen LogP contribution in [0.3, 0.4) is 0 Å². The lowest BCUT2D eigenvalue weighted by atomic mass is 9.97. The molecule has 0 amide bonds. The Morgan fingerprint density at radius 1 is 0.351 bits per heavy atom. The maximum atomic E-state index is 6.84. The van der Waals surface area contributed by atoms with Crippen LogP contribution in [-0.4, -0.2) is 19.5 Å². The number of benzene rings is 8. The fourth-order valence-corrected chi connectivity index (χ4v) is 8.47. The molecule has 0 unspecified atom stereocenters. The molecule has 57 heavy (non-hydrogen) atoms. The zero-order valence-corrected chi connectivity index (χ0v) is 30.4. The van der Waals surface area contributed by atoms with Crippen molar-refractivity contribution in [2.75, 3.05) is 0 Å². The smallest absolute Gasteiger partial charge is 0.164 e. The van der Waals surface area contributed by atoms with E-state index < -0.39 is 0 Å². The molecule has 6 nitrogen and oxygen atoms in total. The third-order valence-electron chi connectivity index (χ3n) is 11.1. The van der Waals surface area contributed by atoms with Gasteiger partial charge in [-0.2, -0.15) is 0 Å². The molecule has 0 spiro atoms. The van der Waals surface area contributed by atoms with E-state index in [-0.39, 0.29) is 0 Å². The van der Waals surface area contributed by atoms with Crippen LogP contribution in [-0.2, 0) is 0 Å². The van der Waals surface area contributed by atoms with Gasteiger partial charge in [0.1, 0.15) is 22.3 Å². The molecule has 12 aromatic rings. The van der Waals surface area contributed by atoms with Gasteiger partial charge in [0.25, 0.3) is 0 Å². The first-order valence-electron chi connectivity index (χ1n) is 19.0. The zero-order chi connectivity index (χ0) is 37.5. The quantitative estimate of drug-likeness (QED) is 0.176. The van der Waals surface area contributed by atoms with Crippen LogP contribution in [0, 0.1) is 0 Å². The van der Waals surface area contributed by atoms with E-state index in [1.807, 2.05) is 72.8 Å². The molecule has 0 aliphatic heterocycles. The second kappa shape index (κ2) is 12.3. The summed E-state index contributed by atoms with van der Waals surface area (Å²) in [6, 6.07) is 62.6. The van der Waals surface area contributed by atoms with Crippen molar-refractivity contribution in [2.24, 2.45) is 0 Å². The molecule has 12 rings (SSSR count). The minimum Gasteiger partial charge on any atom is -0.456 e. The molecule has 0 aliphatic rings. The Kier molecular flexibility index (Phi) is 6.83. The first-order valence-corrected chi connectivity index (χ1v) is 19.0. The molecule has 0 fully saturated rings. The van der Waals surface area contributed by atoms with Gasteiger partial charge in [0, 0.05) is 60.3 Å². The minimum absolute atomic E-state index is 0.582. The molecule has 0 bridgehead atoms. The maximum absolute atomic E-state index is 6.84. The molecule has 266 valence electrons. The lowest BCUT2D eigenvalue weighted by Crippen LogP contribution is -2.00. The van der Waals surface area contributed by atoms with Crippen molar-refractivity contribution in [2.45, 2.75) is 0 Å². The van der Waals surface area contributed by atoms with Gasteiger partial charge in [0.2, 0.25) is 0 Å². The molecule has 0 saturated heterocycles. The molecule has 6 heteroatoms. The summed E-state index contributed by atoms with van der Waals surface area (Å²) in [5.41, 5.74) is 11.4. The summed E-state index contributed by atoms with van der Waals surface area (Å²) in [5.74, 6) is 1.82. The van der Waals surface area contributed by atoms with Crippen LogP contribution in [0.4, 0.5) is 0 Å². The molecule has 4 heterocycles. The Hall–Kier alpha value is -7.83. The highest BCUT2D eigenvalue weighted by atomic mass is 16.3. The molecule has 0 aliphatic carbocycles. The predicted octanol–water partition coefficient (Wildman–Crippen LogP) is 13.4. The number of rotatable bonds is 5. The third-order valence-corrected chi connectivity index (χ3v) is 11.1. The highest BCUT2D eigenvalue weighted by Gasteiger charge is 2.20. The van der Waals surface area contributed by atoms with E-state index in [0.29, 0.717) is 17.5 Å². The highest BCUT2D eigenvalue weighted by Crippen LogP contribution is 2.43. The normalized spacial score (nSPS) is 11.9. The standard InChI is InChI=1S/C51H30N4O2/c1-3-13-31(14-4-1)49-52-50(32-15-5-2-6-16-32)54-51(53-49)33-25-27-37-39-20-11-21-40(48(39)57-46(37)29-33)38-19-12-24-45-47(38)41-30-34(26-28-44(41)56-45)55-42-22-9-7-17-35(42)36-18-8-10-23-43(36)55/h1-30H. The van der Waals surface area contributed by atoms with Gasteiger partial charge in [-0.3, -0.25) is 0 Å². The summed E-state index contributed by atoms with van der Waals surface area (Å²) in [6.45, 7) is 0. The van der Waals surface area contributed by atoms with Gasteiger partial charge in [-0.15, -0.1) is 0 Å². The molecule has 0 atom stereocenters. The second-order valence-electron chi connectivity index (χ2n) is 14.4. The second-order valence-corrected chi connectivity index (χ2v) is 14.4. The van der Waals surface area contributed by atoms with E-state index in [1.54, 1.807) is 0 Å². The minimum atomic E-state index is 0.582. The van der Waals surface area contributed by atoms with Crippen molar-refractivity contribution in [1.82, 2.24) is 19.5 Å². The van der Waals surface area contributed by atoms with Gasteiger partial charge in [-0.05, 0) is 54.1 Å². The van der Waals surface area contributed by atoms with E-state index in [0.717, 1.165) is 77.4 Å². The van der Waals surface area contributed by atoms with Crippen LogP contribution >= 0.6 is 0 Å². The average molecular weight is 731 g/mol. The summed E-state index contributed by atoms with van der Waals surface area (Å²) >= 11 is 0. The maximum Gasteiger partial charge on any atom is 0.164 e. The van der Waals surface area contributed by atoms with Crippen molar-refractivity contribution >= 4 is 65.7 Å². The van der Waals surface area contributed by atoms with E-state index in [9.17, 15) is 0 Å². The number of furan rings is 2. The monoisotopic (exact) mass is 730 g/mol. The van der Waals surface area contributed by atoms with Gasteiger partial charge < -0.3 is 13.4 Å². The first kappa shape index (κ1) is 31.5. The lowest BCUT2D eigenvalue weighted by Gasteiger charge is -2.09. The number of hydrogen-bond acceptors (Lipinski definition) is 5. The number of nitrogens with zero attached hydrogens (tertiary/aromatic N) is 4. The Bertz CT molecular complexity index is 3410. The number of fused-ring (bicyclic) bond motifs is 9. The number of para-hydroxylation sites is 3. The molecule has 8 aromatic carbocycles. The van der Waals surface area contributed by atoms with E-state index in [4.69, 9.17) is 23.8 Å².